The van der Waals surface area contributed by atoms with Crippen LogP contribution in [0.15, 0.2) is 60.7 Å². The summed E-state index contributed by atoms with van der Waals surface area (Å²) >= 11 is 0. The Kier molecular flexibility index (Phi) is 8.04. The molecular weight excluding hydrogens is 452 g/mol. The summed E-state index contributed by atoms with van der Waals surface area (Å²) in [5.41, 5.74) is 1.73. The van der Waals surface area contributed by atoms with Crippen LogP contribution in [0.2, 0.25) is 0 Å². The van der Waals surface area contributed by atoms with Gasteiger partial charge >= 0.3 is 5.97 Å². The van der Waals surface area contributed by atoms with Gasteiger partial charge < -0.3 is 26.4 Å². The van der Waals surface area contributed by atoms with Crippen molar-refractivity contribution in [1.29, 1.82) is 0 Å². The second-order valence-corrected chi connectivity index (χ2v) is 9.69. The first-order valence-corrected chi connectivity index (χ1v) is 12.1. The molecule has 4 heterocycles. The quantitative estimate of drug-likeness (QED) is 0.317. The van der Waals surface area contributed by atoms with Crippen LogP contribution in [-0.2, 0) is 14.3 Å². The second kappa shape index (κ2) is 11.0. The zero-order valence-electron chi connectivity index (χ0n) is 19.5. The Morgan fingerprint density at radius 2 is 1.59 bits per heavy atom. The summed E-state index contributed by atoms with van der Waals surface area (Å²) < 4.78 is 12.5. The third-order valence-corrected chi connectivity index (χ3v) is 7.63. The topological polar surface area (TPSA) is 55.8 Å². The van der Waals surface area contributed by atoms with Gasteiger partial charge in [0.2, 0.25) is 5.78 Å². The van der Waals surface area contributed by atoms with E-state index in [1.165, 1.54) is 0 Å². The van der Waals surface area contributed by atoms with Crippen LogP contribution < -0.4 is 12.4 Å². The maximum Gasteiger partial charge on any atom is 0.328 e. The molecule has 4 aliphatic rings. The van der Waals surface area contributed by atoms with Crippen molar-refractivity contribution in [3.8, 4) is 0 Å². The minimum atomic E-state index is -0.412. The number of halogens is 1. The van der Waals surface area contributed by atoms with Crippen LogP contribution in [0, 0.1) is 5.92 Å². The molecule has 0 saturated carbocycles. The minimum Gasteiger partial charge on any atom is -1.00 e. The number of ketones is 1. The highest BCUT2D eigenvalue weighted by Crippen LogP contribution is 2.37. The number of Topliss-reactive ketones (excluding diaryl/α,β-unsaturated/α-hetero) is 1. The lowest BCUT2D eigenvalue weighted by atomic mass is 9.82. The van der Waals surface area contributed by atoms with Gasteiger partial charge in [0, 0.05) is 37.4 Å². The van der Waals surface area contributed by atoms with Gasteiger partial charge in [0.15, 0.2) is 6.10 Å². The van der Waals surface area contributed by atoms with Gasteiger partial charge in [-0.2, -0.15) is 0 Å². The Hall–Kier alpha value is -2.25. The molecule has 4 saturated heterocycles. The first-order chi connectivity index (χ1) is 16.1. The van der Waals surface area contributed by atoms with E-state index < -0.39 is 6.04 Å². The van der Waals surface area contributed by atoms with Crippen molar-refractivity contribution in [3.63, 3.8) is 0 Å². The molecule has 182 valence electrons. The van der Waals surface area contributed by atoms with Gasteiger partial charge in [-0.25, -0.2) is 4.79 Å². The monoisotopic (exact) mass is 484 g/mol. The summed E-state index contributed by atoms with van der Waals surface area (Å²) in [5, 5.41) is 0. The van der Waals surface area contributed by atoms with Crippen LogP contribution in [0.25, 0.3) is 0 Å². The Balaban J connectivity index is 0.00000274. The average molecular weight is 485 g/mol. The number of piperidine rings is 3. The van der Waals surface area contributed by atoms with Gasteiger partial charge in [0.25, 0.3) is 0 Å². The maximum atomic E-state index is 13.6. The highest BCUT2D eigenvalue weighted by Gasteiger charge is 2.49. The van der Waals surface area contributed by atoms with Gasteiger partial charge in [0.1, 0.15) is 19.1 Å². The molecule has 6 rings (SSSR count). The van der Waals surface area contributed by atoms with Crippen molar-refractivity contribution in [2.24, 2.45) is 5.92 Å². The smallest absolute Gasteiger partial charge is 0.328 e. The fraction of sp³-hybridized carbons (Fsp3) is 0.481. The van der Waals surface area contributed by atoms with E-state index in [4.69, 9.17) is 9.47 Å². The molecule has 6 nitrogen and oxygen atoms in total. The van der Waals surface area contributed by atoms with E-state index in [1.807, 2.05) is 60.7 Å². The molecule has 0 amide bonds. The van der Waals surface area contributed by atoms with Crippen LogP contribution >= 0.6 is 0 Å². The van der Waals surface area contributed by atoms with E-state index in [1.54, 1.807) is 0 Å². The highest BCUT2D eigenvalue weighted by atomic mass is 35.5. The van der Waals surface area contributed by atoms with Crippen molar-refractivity contribution in [2.75, 3.05) is 52.5 Å². The first-order valence-electron chi connectivity index (χ1n) is 12.1. The van der Waals surface area contributed by atoms with Crippen molar-refractivity contribution >= 4 is 11.8 Å². The summed E-state index contributed by atoms with van der Waals surface area (Å²) in [5.74, 6) is 0.396. The van der Waals surface area contributed by atoms with Gasteiger partial charge in [-0.05, 0) is 5.56 Å². The molecule has 0 N–H and O–H groups in total. The van der Waals surface area contributed by atoms with Gasteiger partial charge in [-0.3, -0.25) is 9.69 Å². The van der Waals surface area contributed by atoms with E-state index in [9.17, 15) is 9.59 Å². The fourth-order valence-electron chi connectivity index (χ4n) is 5.78. The van der Waals surface area contributed by atoms with Crippen LogP contribution in [0.3, 0.4) is 0 Å². The van der Waals surface area contributed by atoms with E-state index >= 15 is 0 Å². The molecule has 0 unspecified atom stereocenters. The van der Waals surface area contributed by atoms with Crippen molar-refractivity contribution < 1.29 is 36.0 Å². The average Bonchev–Trinajstić information content (AvgIpc) is 2.86. The zero-order valence-corrected chi connectivity index (χ0v) is 20.2. The number of carbonyl (C=O) groups is 2. The SMILES string of the molecule is O=C(C[N+]12CCC(CC1)[C@@H](OC(=O)[C@H](c1ccccc1)N1CCOCC1)C2)c1ccccc1.[Cl-]. The number of esters is 1. The van der Waals surface area contributed by atoms with E-state index in [2.05, 4.69) is 4.90 Å². The molecule has 2 aromatic carbocycles. The number of carbonyl (C=O) groups excluding carboxylic acids is 2. The summed E-state index contributed by atoms with van der Waals surface area (Å²) in [4.78, 5) is 28.7. The van der Waals surface area contributed by atoms with Crippen molar-refractivity contribution in [3.05, 3.63) is 71.8 Å². The number of benzene rings is 2. The standard InChI is InChI=1S/C27H33N2O4.ClH/c30-24(21-7-3-1-4-8-21)19-29-15-11-22(12-16-29)25(20-29)33-27(31)26(23-9-5-2-6-10-23)28-13-17-32-18-14-28;/h1-10,22,25-26H,11-20H2;1H/q+1;/p-1/t22?,25-,26-,29?;/m0./s1. The van der Waals surface area contributed by atoms with Crippen LogP contribution in [0.4, 0.5) is 0 Å². The summed E-state index contributed by atoms with van der Waals surface area (Å²) in [7, 11) is 0. The second-order valence-electron chi connectivity index (χ2n) is 9.69. The molecule has 4 fully saturated rings. The molecule has 0 spiro atoms. The summed E-state index contributed by atoms with van der Waals surface area (Å²) in [6, 6.07) is 19.0. The minimum absolute atomic E-state index is 0. The number of quaternary nitrogens is 1. The molecule has 0 radical (unpaired) electrons. The molecular formula is C27H33ClN2O4. The predicted octanol–water partition coefficient (Wildman–Crippen LogP) is 0.0990. The van der Waals surface area contributed by atoms with Crippen molar-refractivity contribution in [1.82, 2.24) is 4.90 Å². The molecule has 2 atom stereocenters. The molecule has 2 bridgehead atoms. The number of morpholine rings is 1. The lowest BCUT2D eigenvalue weighted by Gasteiger charge is -2.51. The number of nitrogens with zero attached hydrogens (tertiary/aromatic N) is 2. The maximum absolute atomic E-state index is 13.6. The van der Waals surface area contributed by atoms with E-state index in [0.29, 0.717) is 38.8 Å². The fourth-order valence-corrected chi connectivity index (χ4v) is 5.78. The summed E-state index contributed by atoms with van der Waals surface area (Å²) in [6.07, 6.45) is 1.89. The van der Waals surface area contributed by atoms with Crippen LogP contribution in [-0.4, -0.2) is 79.7 Å². The van der Waals surface area contributed by atoms with Crippen LogP contribution in [0.1, 0.15) is 34.8 Å². The zero-order chi connectivity index (χ0) is 22.7. The highest BCUT2D eigenvalue weighted by molar-refractivity contribution is 5.96. The Labute approximate surface area is 207 Å². The number of hydrogen-bond acceptors (Lipinski definition) is 5. The van der Waals surface area contributed by atoms with E-state index in [0.717, 1.165) is 48.1 Å². The third-order valence-electron chi connectivity index (χ3n) is 7.63. The molecule has 0 aliphatic carbocycles. The first kappa shape index (κ1) is 24.9. The van der Waals surface area contributed by atoms with Crippen molar-refractivity contribution in [2.45, 2.75) is 25.0 Å². The number of hydrogen-bond donors (Lipinski definition) is 0. The Morgan fingerprint density at radius 3 is 2.24 bits per heavy atom. The lowest BCUT2D eigenvalue weighted by Crippen LogP contribution is -3.00. The largest absolute Gasteiger partial charge is 1.00 e. The number of ether oxygens (including phenoxy) is 2. The Bertz CT molecular complexity index is 957. The number of fused-ring (bicyclic) bond motifs is 3. The van der Waals surface area contributed by atoms with Crippen LogP contribution in [0.5, 0.6) is 0 Å². The molecule has 34 heavy (non-hydrogen) atoms. The van der Waals surface area contributed by atoms with Gasteiger partial charge in [-0.15, -0.1) is 0 Å². The van der Waals surface area contributed by atoms with Gasteiger partial charge in [-0.1, -0.05) is 60.7 Å². The number of rotatable bonds is 7. The third kappa shape index (κ3) is 5.36. The predicted molar refractivity (Wildman–Crippen MR) is 125 cm³/mol. The lowest BCUT2D eigenvalue weighted by molar-refractivity contribution is -0.938. The molecule has 4 aliphatic heterocycles. The van der Waals surface area contributed by atoms with E-state index in [-0.39, 0.29) is 30.3 Å². The molecule has 7 heteroatoms. The molecule has 0 aromatic heterocycles. The normalized spacial score (nSPS) is 27.4. The molecule has 2 aromatic rings. The van der Waals surface area contributed by atoms with Gasteiger partial charge in [0.05, 0.1) is 26.3 Å². The summed E-state index contributed by atoms with van der Waals surface area (Å²) in [6.45, 7) is 5.89. The Morgan fingerprint density at radius 1 is 0.971 bits per heavy atom.